The standard InChI is InChI=1S/C31H26ClN5O2S/c1-20(2)16-17-39-26-14-10-21(11-15-26)28-23(19-36(34-28)25-6-4-3-5-7-25)18-27-30(38)37-31(40-27)33-29(35-37)22-8-12-24(32)13-9-22/h3-15,18-20H,16-17H2,1-2H3. The Morgan fingerprint density at radius 3 is 2.38 bits per heavy atom. The SMILES string of the molecule is CC(C)CCOc1ccc(-c2nn(-c3ccccc3)cc2C=c2sc3nc(-c4ccc(Cl)cc4)nn3c2=O)cc1. The smallest absolute Gasteiger partial charge is 0.291 e. The summed E-state index contributed by atoms with van der Waals surface area (Å²) in [6.07, 6.45) is 4.80. The molecule has 200 valence electrons. The van der Waals surface area contributed by atoms with Gasteiger partial charge >= 0.3 is 0 Å². The number of aromatic nitrogens is 5. The Labute approximate surface area is 240 Å². The van der Waals surface area contributed by atoms with Crippen molar-refractivity contribution < 1.29 is 4.74 Å². The number of rotatable bonds is 8. The lowest BCUT2D eigenvalue weighted by Gasteiger charge is -2.08. The van der Waals surface area contributed by atoms with Crippen LogP contribution in [0, 0.1) is 5.92 Å². The van der Waals surface area contributed by atoms with E-state index in [1.165, 1.54) is 15.9 Å². The molecule has 0 bridgehead atoms. The summed E-state index contributed by atoms with van der Waals surface area (Å²) in [6.45, 7) is 5.04. The highest BCUT2D eigenvalue weighted by Crippen LogP contribution is 2.27. The van der Waals surface area contributed by atoms with Gasteiger partial charge in [-0.05, 0) is 79.1 Å². The third kappa shape index (κ3) is 5.41. The minimum atomic E-state index is -0.222. The van der Waals surface area contributed by atoms with Crippen molar-refractivity contribution in [3.8, 4) is 34.1 Å². The van der Waals surface area contributed by atoms with Gasteiger partial charge in [0.2, 0.25) is 4.96 Å². The highest BCUT2D eigenvalue weighted by Gasteiger charge is 2.15. The monoisotopic (exact) mass is 567 g/mol. The van der Waals surface area contributed by atoms with Crippen LogP contribution >= 0.6 is 22.9 Å². The minimum Gasteiger partial charge on any atom is -0.494 e. The first-order valence-corrected chi connectivity index (χ1v) is 14.2. The van der Waals surface area contributed by atoms with Gasteiger partial charge in [-0.15, -0.1) is 5.10 Å². The van der Waals surface area contributed by atoms with E-state index in [0.29, 0.717) is 32.9 Å². The predicted octanol–water partition coefficient (Wildman–Crippen LogP) is 6.30. The molecule has 3 aromatic carbocycles. The molecule has 0 unspecified atom stereocenters. The second-order valence-electron chi connectivity index (χ2n) is 9.82. The lowest BCUT2D eigenvalue weighted by molar-refractivity contribution is 0.289. The highest BCUT2D eigenvalue weighted by atomic mass is 35.5. The number of fused-ring (bicyclic) bond motifs is 1. The predicted molar refractivity (Wildman–Crippen MR) is 160 cm³/mol. The number of thiazole rings is 1. The summed E-state index contributed by atoms with van der Waals surface area (Å²) in [5.74, 6) is 1.89. The number of para-hydroxylation sites is 1. The van der Waals surface area contributed by atoms with Gasteiger partial charge in [0, 0.05) is 27.9 Å². The summed E-state index contributed by atoms with van der Waals surface area (Å²) in [5, 5.41) is 9.98. The van der Waals surface area contributed by atoms with Crippen molar-refractivity contribution in [2.75, 3.05) is 6.61 Å². The summed E-state index contributed by atoms with van der Waals surface area (Å²) in [4.78, 5) is 18.4. The van der Waals surface area contributed by atoms with Crippen LogP contribution in [0.4, 0.5) is 0 Å². The number of hydrogen-bond donors (Lipinski definition) is 0. The summed E-state index contributed by atoms with van der Waals surface area (Å²) in [5.41, 5.74) is 4.01. The molecule has 3 aromatic heterocycles. The van der Waals surface area contributed by atoms with Crippen molar-refractivity contribution in [3.63, 3.8) is 0 Å². The van der Waals surface area contributed by atoms with Gasteiger partial charge in [-0.2, -0.15) is 14.6 Å². The van der Waals surface area contributed by atoms with Crippen molar-refractivity contribution in [1.29, 1.82) is 0 Å². The quantitative estimate of drug-likeness (QED) is 0.216. The van der Waals surface area contributed by atoms with Gasteiger partial charge in [-0.3, -0.25) is 4.79 Å². The number of benzene rings is 3. The molecule has 0 aliphatic carbocycles. The zero-order chi connectivity index (χ0) is 27.6. The molecule has 6 rings (SSSR count). The molecule has 40 heavy (non-hydrogen) atoms. The molecule has 0 radical (unpaired) electrons. The topological polar surface area (TPSA) is 74.3 Å². The fraction of sp³-hybridized carbons (Fsp3) is 0.161. The van der Waals surface area contributed by atoms with Crippen LogP contribution in [0.5, 0.6) is 5.75 Å². The number of hydrogen-bond acceptors (Lipinski definition) is 6. The summed E-state index contributed by atoms with van der Waals surface area (Å²) in [6, 6.07) is 25.0. The van der Waals surface area contributed by atoms with E-state index in [1.807, 2.05) is 83.7 Å². The molecule has 3 heterocycles. The molecule has 0 spiro atoms. The Hall–Kier alpha value is -4.27. The van der Waals surface area contributed by atoms with E-state index in [9.17, 15) is 4.79 Å². The van der Waals surface area contributed by atoms with Gasteiger partial charge in [0.15, 0.2) is 5.82 Å². The molecule has 7 nitrogen and oxygen atoms in total. The Morgan fingerprint density at radius 1 is 0.950 bits per heavy atom. The van der Waals surface area contributed by atoms with Crippen LogP contribution in [0.15, 0.2) is 89.9 Å². The van der Waals surface area contributed by atoms with Crippen LogP contribution in [0.25, 0.3) is 39.4 Å². The second-order valence-corrected chi connectivity index (χ2v) is 11.3. The molecule has 0 fully saturated rings. The normalized spacial score (nSPS) is 12.1. The van der Waals surface area contributed by atoms with Gasteiger partial charge in [0.1, 0.15) is 11.4 Å². The molecule has 0 saturated carbocycles. The Bertz CT molecular complexity index is 1870. The van der Waals surface area contributed by atoms with Gasteiger partial charge in [0.25, 0.3) is 5.56 Å². The zero-order valence-corrected chi connectivity index (χ0v) is 23.6. The Balaban J connectivity index is 1.38. The van der Waals surface area contributed by atoms with Crippen LogP contribution in [-0.2, 0) is 0 Å². The third-order valence-electron chi connectivity index (χ3n) is 6.43. The molecule has 0 atom stereocenters. The van der Waals surface area contributed by atoms with E-state index in [1.54, 1.807) is 12.1 Å². The molecule has 0 saturated heterocycles. The first-order valence-electron chi connectivity index (χ1n) is 13.0. The average molecular weight is 568 g/mol. The van der Waals surface area contributed by atoms with Crippen LogP contribution < -0.4 is 14.8 Å². The van der Waals surface area contributed by atoms with Crippen LogP contribution in [0.1, 0.15) is 25.8 Å². The van der Waals surface area contributed by atoms with Gasteiger partial charge in [0.05, 0.1) is 16.8 Å². The minimum absolute atomic E-state index is 0.222. The molecule has 0 aliphatic heterocycles. The Kier molecular flexibility index (Phi) is 7.19. The summed E-state index contributed by atoms with van der Waals surface area (Å²) < 4.78 is 9.61. The fourth-order valence-electron chi connectivity index (χ4n) is 4.25. The van der Waals surface area contributed by atoms with Crippen LogP contribution in [0.2, 0.25) is 5.02 Å². The number of halogens is 1. The zero-order valence-electron chi connectivity index (χ0n) is 22.0. The van der Waals surface area contributed by atoms with Crippen LogP contribution in [0.3, 0.4) is 0 Å². The molecular weight excluding hydrogens is 542 g/mol. The van der Waals surface area contributed by atoms with Crippen molar-refractivity contribution in [1.82, 2.24) is 24.4 Å². The van der Waals surface area contributed by atoms with E-state index in [0.717, 1.165) is 40.2 Å². The Morgan fingerprint density at radius 2 is 1.68 bits per heavy atom. The van der Waals surface area contributed by atoms with E-state index >= 15 is 0 Å². The van der Waals surface area contributed by atoms with Gasteiger partial charge < -0.3 is 4.74 Å². The molecule has 9 heteroatoms. The number of ether oxygens (including phenoxy) is 1. The van der Waals surface area contributed by atoms with E-state index in [2.05, 4.69) is 23.9 Å². The molecular formula is C31H26ClN5O2S. The third-order valence-corrected chi connectivity index (χ3v) is 7.64. The lowest BCUT2D eigenvalue weighted by atomic mass is 10.1. The first-order chi connectivity index (χ1) is 19.4. The summed E-state index contributed by atoms with van der Waals surface area (Å²) in [7, 11) is 0. The van der Waals surface area contributed by atoms with Crippen molar-refractivity contribution in [2.24, 2.45) is 5.92 Å². The van der Waals surface area contributed by atoms with Crippen molar-refractivity contribution in [2.45, 2.75) is 20.3 Å². The van der Waals surface area contributed by atoms with E-state index in [-0.39, 0.29) is 5.56 Å². The van der Waals surface area contributed by atoms with Gasteiger partial charge in [-0.25, -0.2) is 4.68 Å². The van der Waals surface area contributed by atoms with Gasteiger partial charge in [-0.1, -0.05) is 55.0 Å². The fourth-order valence-corrected chi connectivity index (χ4v) is 5.27. The highest BCUT2D eigenvalue weighted by molar-refractivity contribution is 7.15. The van der Waals surface area contributed by atoms with E-state index in [4.69, 9.17) is 21.4 Å². The maximum absolute atomic E-state index is 13.3. The maximum atomic E-state index is 13.3. The van der Waals surface area contributed by atoms with E-state index < -0.39 is 0 Å². The first kappa shape index (κ1) is 26.0. The van der Waals surface area contributed by atoms with Crippen LogP contribution in [-0.4, -0.2) is 31.0 Å². The van der Waals surface area contributed by atoms with Crippen molar-refractivity contribution >= 4 is 34.0 Å². The largest absolute Gasteiger partial charge is 0.494 e. The summed E-state index contributed by atoms with van der Waals surface area (Å²) >= 11 is 7.30. The molecule has 0 aliphatic rings. The second kappa shape index (κ2) is 11.1. The molecule has 0 amide bonds. The lowest BCUT2D eigenvalue weighted by Crippen LogP contribution is -2.23. The molecule has 0 N–H and O–H groups in total. The number of nitrogens with zero attached hydrogens (tertiary/aromatic N) is 5. The average Bonchev–Trinajstić information content (AvgIpc) is 3.65. The molecule has 6 aromatic rings. The maximum Gasteiger partial charge on any atom is 0.291 e. The van der Waals surface area contributed by atoms with Crippen molar-refractivity contribution in [3.05, 3.63) is 111 Å².